The Morgan fingerprint density at radius 3 is 2.86 bits per heavy atom. The van der Waals surface area contributed by atoms with Crippen LogP contribution < -0.4 is 5.32 Å². The predicted molar refractivity (Wildman–Crippen MR) is 86.1 cm³/mol. The molecule has 0 radical (unpaired) electrons. The van der Waals surface area contributed by atoms with E-state index < -0.39 is 0 Å². The summed E-state index contributed by atoms with van der Waals surface area (Å²) in [6.45, 7) is 0.641. The maximum atomic E-state index is 6.21. The van der Waals surface area contributed by atoms with Crippen LogP contribution in [0.5, 0.6) is 0 Å². The van der Waals surface area contributed by atoms with Gasteiger partial charge in [0.25, 0.3) is 0 Å². The number of tetrazole rings is 1. The van der Waals surface area contributed by atoms with Crippen LogP contribution in [0.3, 0.4) is 0 Å². The van der Waals surface area contributed by atoms with Crippen molar-refractivity contribution in [2.24, 2.45) is 0 Å². The molecule has 0 bridgehead atoms. The summed E-state index contributed by atoms with van der Waals surface area (Å²) in [4.78, 5) is 0. The fourth-order valence-electron chi connectivity index (χ4n) is 1.91. The highest BCUT2D eigenvalue weighted by molar-refractivity contribution is 9.10. The number of aromatic nitrogens is 4. The molecule has 2 aromatic carbocycles. The average molecular weight is 365 g/mol. The van der Waals surface area contributed by atoms with Gasteiger partial charge in [-0.15, -0.1) is 10.2 Å². The van der Waals surface area contributed by atoms with Crippen molar-refractivity contribution in [1.82, 2.24) is 20.6 Å². The molecule has 2 N–H and O–H groups in total. The maximum absolute atomic E-state index is 6.21. The molecule has 0 aliphatic heterocycles. The van der Waals surface area contributed by atoms with Gasteiger partial charge >= 0.3 is 0 Å². The zero-order chi connectivity index (χ0) is 14.7. The molecule has 0 saturated heterocycles. The number of hydrogen-bond acceptors (Lipinski definition) is 4. The molecular formula is C14H11BrClN5. The van der Waals surface area contributed by atoms with E-state index in [2.05, 4.69) is 41.9 Å². The lowest BCUT2D eigenvalue weighted by atomic mass is 10.1. The summed E-state index contributed by atoms with van der Waals surface area (Å²) in [5.41, 5.74) is 2.90. The number of anilines is 1. The van der Waals surface area contributed by atoms with Crippen LogP contribution >= 0.6 is 27.5 Å². The number of benzene rings is 2. The topological polar surface area (TPSA) is 66.5 Å². The summed E-state index contributed by atoms with van der Waals surface area (Å²) < 4.78 is 0.968. The first-order chi connectivity index (χ1) is 10.2. The Labute approximate surface area is 134 Å². The molecule has 1 heterocycles. The maximum Gasteiger partial charge on any atom is 0.204 e. The number of H-pyrrole nitrogens is 1. The smallest absolute Gasteiger partial charge is 0.204 e. The van der Waals surface area contributed by atoms with Gasteiger partial charge in [-0.25, -0.2) is 0 Å². The van der Waals surface area contributed by atoms with Gasteiger partial charge in [0, 0.05) is 27.3 Å². The quantitative estimate of drug-likeness (QED) is 0.737. The molecule has 0 saturated carbocycles. The summed E-state index contributed by atoms with van der Waals surface area (Å²) in [6.07, 6.45) is 0. The SMILES string of the molecule is Clc1cc(Br)ccc1CNc1cccc(-c2nn[nH]n2)c1. The van der Waals surface area contributed by atoms with Crippen molar-refractivity contribution in [3.05, 3.63) is 57.5 Å². The van der Waals surface area contributed by atoms with Gasteiger partial charge in [0.15, 0.2) is 0 Å². The van der Waals surface area contributed by atoms with Gasteiger partial charge in [-0.3, -0.25) is 0 Å². The van der Waals surface area contributed by atoms with Crippen LogP contribution in [0.15, 0.2) is 46.9 Å². The van der Waals surface area contributed by atoms with Gasteiger partial charge in [-0.1, -0.05) is 45.7 Å². The first-order valence-corrected chi connectivity index (χ1v) is 7.41. The van der Waals surface area contributed by atoms with Crippen molar-refractivity contribution in [2.75, 3.05) is 5.32 Å². The minimum atomic E-state index is 0.570. The third kappa shape index (κ3) is 3.40. The molecule has 3 aromatic rings. The molecule has 0 atom stereocenters. The fourth-order valence-corrected chi connectivity index (χ4v) is 2.65. The second kappa shape index (κ2) is 6.24. The second-order valence-electron chi connectivity index (χ2n) is 4.41. The zero-order valence-corrected chi connectivity index (χ0v) is 13.2. The van der Waals surface area contributed by atoms with E-state index in [9.17, 15) is 0 Å². The first kappa shape index (κ1) is 14.0. The van der Waals surface area contributed by atoms with E-state index in [1.54, 1.807) is 0 Å². The molecule has 7 heteroatoms. The number of hydrogen-bond donors (Lipinski definition) is 2. The molecule has 106 valence electrons. The number of nitrogens with one attached hydrogen (secondary N) is 2. The van der Waals surface area contributed by atoms with Crippen molar-refractivity contribution in [2.45, 2.75) is 6.54 Å². The molecule has 5 nitrogen and oxygen atoms in total. The van der Waals surface area contributed by atoms with Crippen molar-refractivity contribution >= 4 is 33.2 Å². The standard InChI is InChI=1S/C14H11BrClN5/c15-11-5-4-10(13(16)7-11)8-17-12-3-1-2-9(6-12)14-18-20-21-19-14/h1-7,17H,8H2,(H,18,19,20,21). The zero-order valence-electron chi connectivity index (χ0n) is 10.8. The summed E-state index contributed by atoms with van der Waals surface area (Å²) in [5.74, 6) is 0.570. The molecule has 0 spiro atoms. The lowest BCUT2D eigenvalue weighted by molar-refractivity contribution is 0.881. The predicted octanol–water partition coefficient (Wildman–Crippen LogP) is 3.89. The average Bonchev–Trinajstić information content (AvgIpc) is 3.01. The highest BCUT2D eigenvalue weighted by Gasteiger charge is 2.05. The Hall–Kier alpha value is -1.92. The van der Waals surface area contributed by atoms with Gasteiger partial charge in [0.2, 0.25) is 5.82 Å². The van der Waals surface area contributed by atoms with Gasteiger partial charge in [-0.2, -0.15) is 5.21 Å². The van der Waals surface area contributed by atoms with E-state index in [-0.39, 0.29) is 0 Å². The lowest BCUT2D eigenvalue weighted by Gasteiger charge is -2.09. The van der Waals surface area contributed by atoms with E-state index in [0.29, 0.717) is 12.4 Å². The summed E-state index contributed by atoms with van der Waals surface area (Å²) in [6, 6.07) is 13.7. The minimum absolute atomic E-state index is 0.570. The van der Waals surface area contributed by atoms with Crippen molar-refractivity contribution in [3.8, 4) is 11.4 Å². The van der Waals surface area contributed by atoms with Crippen molar-refractivity contribution in [1.29, 1.82) is 0 Å². The largest absolute Gasteiger partial charge is 0.381 e. The Morgan fingerprint density at radius 2 is 2.10 bits per heavy atom. The van der Waals surface area contributed by atoms with E-state index >= 15 is 0 Å². The van der Waals surface area contributed by atoms with Crippen molar-refractivity contribution < 1.29 is 0 Å². The number of aromatic amines is 1. The Bertz CT molecular complexity index is 745. The van der Waals surface area contributed by atoms with Gasteiger partial charge in [-0.05, 0) is 35.0 Å². The lowest BCUT2D eigenvalue weighted by Crippen LogP contribution is -2.00. The highest BCUT2D eigenvalue weighted by atomic mass is 79.9. The molecule has 21 heavy (non-hydrogen) atoms. The van der Waals surface area contributed by atoms with Gasteiger partial charge in [0.05, 0.1) is 0 Å². The molecule has 0 aliphatic rings. The Morgan fingerprint density at radius 1 is 1.19 bits per heavy atom. The van der Waals surface area contributed by atoms with E-state index in [1.165, 1.54) is 0 Å². The van der Waals surface area contributed by atoms with Crippen LogP contribution in [0, 0.1) is 0 Å². The monoisotopic (exact) mass is 363 g/mol. The molecule has 3 rings (SSSR count). The summed E-state index contributed by atoms with van der Waals surface area (Å²) in [7, 11) is 0. The van der Waals surface area contributed by atoms with Crippen LogP contribution in [0.1, 0.15) is 5.56 Å². The van der Waals surface area contributed by atoms with E-state index in [1.807, 2.05) is 42.5 Å². The molecule has 0 fully saturated rings. The normalized spacial score (nSPS) is 10.6. The summed E-state index contributed by atoms with van der Waals surface area (Å²) in [5, 5.41) is 18.0. The Balaban J connectivity index is 1.75. The van der Waals surface area contributed by atoms with Crippen LogP contribution in [-0.4, -0.2) is 20.6 Å². The van der Waals surface area contributed by atoms with Crippen LogP contribution in [0.2, 0.25) is 5.02 Å². The van der Waals surface area contributed by atoms with Crippen molar-refractivity contribution in [3.63, 3.8) is 0 Å². The molecule has 0 amide bonds. The Kier molecular flexibility index (Phi) is 4.17. The van der Waals surface area contributed by atoms with Gasteiger partial charge < -0.3 is 5.32 Å². The third-order valence-corrected chi connectivity index (χ3v) is 3.81. The molecule has 1 aromatic heterocycles. The fraction of sp³-hybridized carbons (Fsp3) is 0.0714. The van der Waals surface area contributed by atoms with Crippen LogP contribution in [-0.2, 0) is 6.54 Å². The molecule has 0 unspecified atom stereocenters. The van der Waals surface area contributed by atoms with Crippen LogP contribution in [0.4, 0.5) is 5.69 Å². The van der Waals surface area contributed by atoms with E-state index in [4.69, 9.17) is 11.6 Å². The minimum Gasteiger partial charge on any atom is -0.381 e. The highest BCUT2D eigenvalue weighted by Crippen LogP contribution is 2.23. The first-order valence-electron chi connectivity index (χ1n) is 6.24. The number of halogens is 2. The van der Waals surface area contributed by atoms with Gasteiger partial charge in [0.1, 0.15) is 0 Å². The van der Waals surface area contributed by atoms with E-state index in [0.717, 1.165) is 26.3 Å². The number of rotatable bonds is 4. The third-order valence-electron chi connectivity index (χ3n) is 2.96. The molecular weight excluding hydrogens is 354 g/mol. The summed E-state index contributed by atoms with van der Waals surface area (Å²) >= 11 is 9.60. The molecule has 0 aliphatic carbocycles. The van der Waals surface area contributed by atoms with Crippen LogP contribution in [0.25, 0.3) is 11.4 Å². The second-order valence-corrected chi connectivity index (χ2v) is 5.73. The number of nitrogens with zero attached hydrogens (tertiary/aromatic N) is 3.